The van der Waals surface area contributed by atoms with Gasteiger partial charge in [-0.2, -0.15) is 0 Å². The molecule has 3 atom stereocenters. The highest BCUT2D eigenvalue weighted by Crippen LogP contribution is 2.26. The van der Waals surface area contributed by atoms with Gasteiger partial charge in [0.1, 0.15) is 0 Å². The lowest BCUT2D eigenvalue weighted by Crippen LogP contribution is -2.44. The molecule has 1 saturated carbocycles. The molecule has 1 rings (SSSR count). The molecule has 0 aromatic carbocycles. The van der Waals surface area contributed by atoms with E-state index in [1.54, 1.807) is 7.11 Å². The maximum absolute atomic E-state index is 6.21. The van der Waals surface area contributed by atoms with Gasteiger partial charge in [0, 0.05) is 19.2 Å². The summed E-state index contributed by atoms with van der Waals surface area (Å²) >= 11 is 0. The van der Waals surface area contributed by atoms with Crippen LogP contribution in [0.1, 0.15) is 53.4 Å². The third kappa shape index (κ3) is 6.72. The minimum atomic E-state index is 0.134. The van der Waals surface area contributed by atoms with Crippen molar-refractivity contribution in [3.63, 3.8) is 0 Å². The number of methoxy groups -OCH3 is 1. The molecule has 0 amide bonds. The van der Waals surface area contributed by atoms with Gasteiger partial charge in [-0.1, -0.05) is 19.8 Å². The van der Waals surface area contributed by atoms with E-state index >= 15 is 0 Å². The maximum Gasteiger partial charge on any atom is 0.0936 e. The molecule has 1 N–H and O–H groups in total. The lowest BCUT2D eigenvalue weighted by molar-refractivity contribution is -0.0675. The average Bonchev–Trinajstić information content (AvgIpc) is 2.25. The summed E-state index contributed by atoms with van der Waals surface area (Å²) in [5, 5.41) is 3.50. The Bertz CT molecular complexity index is 225. The Kier molecular flexibility index (Phi) is 6.61. The molecule has 0 bridgehead atoms. The van der Waals surface area contributed by atoms with Crippen molar-refractivity contribution in [2.45, 2.75) is 71.1 Å². The van der Waals surface area contributed by atoms with Crippen LogP contribution >= 0.6 is 0 Å². The van der Waals surface area contributed by atoms with Crippen LogP contribution in [0.4, 0.5) is 0 Å². The van der Waals surface area contributed by atoms with Crippen LogP contribution in [-0.4, -0.2) is 38.0 Å². The van der Waals surface area contributed by atoms with Crippen LogP contribution in [0, 0.1) is 5.92 Å². The first-order valence-corrected chi connectivity index (χ1v) is 7.30. The molecule has 0 saturated heterocycles. The fourth-order valence-corrected chi connectivity index (χ4v) is 2.53. The molecule has 18 heavy (non-hydrogen) atoms. The van der Waals surface area contributed by atoms with Crippen LogP contribution in [0.2, 0.25) is 0 Å². The van der Waals surface area contributed by atoms with E-state index in [4.69, 9.17) is 9.47 Å². The Balaban J connectivity index is 2.36. The summed E-state index contributed by atoms with van der Waals surface area (Å²) in [5.74, 6) is 0.808. The van der Waals surface area contributed by atoms with Crippen molar-refractivity contribution in [3.05, 3.63) is 0 Å². The summed E-state index contributed by atoms with van der Waals surface area (Å²) in [7, 11) is 1.75. The van der Waals surface area contributed by atoms with E-state index < -0.39 is 0 Å². The van der Waals surface area contributed by atoms with Crippen molar-refractivity contribution in [1.29, 1.82) is 0 Å². The van der Waals surface area contributed by atoms with Gasteiger partial charge in [0.2, 0.25) is 0 Å². The minimum Gasteiger partial charge on any atom is -0.382 e. The largest absolute Gasteiger partial charge is 0.382 e. The van der Waals surface area contributed by atoms with Crippen molar-refractivity contribution in [1.82, 2.24) is 5.32 Å². The lowest BCUT2D eigenvalue weighted by atomic mass is 9.88. The Morgan fingerprint density at radius 2 is 2.00 bits per heavy atom. The van der Waals surface area contributed by atoms with Crippen molar-refractivity contribution >= 4 is 0 Å². The summed E-state index contributed by atoms with van der Waals surface area (Å²) in [4.78, 5) is 0. The zero-order chi connectivity index (χ0) is 13.6. The fourth-order valence-electron chi connectivity index (χ4n) is 2.53. The second-order valence-corrected chi connectivity index (χ2v) is 6.74. The highest BCUT2D eigenvalue weighted by molar-refractivity contribution is 4.76. The minimum absolute atomic E-state index is 0.134. The Morgan fingerprint density at radius 1 is 1.28 bits per heavy atom. The van der Waals surface area contributed by atoms with Gasteiger partial charge in [-0.25, -0.2) is 0 Å². The molecule has 108 valence electrons. The van der Waals surface area contributed by atoms with E-state index in [-0.39, 0.29) is 11.6 Å². The van der Waals surface area contributed by atoms with E-state index in [1.807, 2.05) is 0 Å². The quantitative estimate of drug-likeness (QED) is 0.793. The van der Waals surface area contributed by atoms with Crippen LogP contribution in [0.15, 0.2) is 0 Å². The molecule has 0 radical (unpaired) electrons. The summed E-state index contributed by atoms with van der Waals surface area (Å²) < 4.78 is 11.5. The fraction of sp³-hybridized carbons (Fsp3) is 1.00. The number of rotatable bonds is 6. The van der Waals surface area contributed by atoms with Crippen LogP contribution in [0.3, 0.4) is 0 Å². The van der Waals surface area contributed by atoms with E-state index in [2.05, 4.69) is 33.0 Å². The molecule has 0 aromatic heterocycles. The van der Waals surface area contributed by atoms with Crippen LogP contribution in [0.5, 0.6) is 0 Å². The molecule has 1 aliphatic rings. The Labute approximate surface area is 113 Å². The molecule has 0 spiro atoms. The van der Waals surface area contributed by atoms with Gasteiger partial charge in [-0.3, -0.25) is 0 Å². The third-order valence-electron chi connectivity index (χ3n) is 3.49. The standard InChI is InChI=1S/C15H31NO2/c1-12-7-6-8-13(9-12)18-14(11-17-5)10-16-15(2,3)4/h12-14,16H,6-11H2,1-5H3. The zero-order valence-electron chi connectivity index (χ0n) is 12.8. The second kappa shape index (κ2) is 7.46. The second-order valence-electron chi connectivity index (χ2n) is 6.74. The topological polar surface area (TPSA) is 30.5 Å². The van der Waals surface area contributed by atoms with Gasteiger partial charge < -0.3 is 14.8 Å². The number of hydrogen-bond donors (Lipinski definition) is 1. The molecule has 0 aliphatic heterocycles. The molecule has 3 nitrogen and oxygen atoms in total. The molecular weight excluding hydrogens is 226 g/mol. The lowest BCUT2D eigenvalue weighted by Gasteiger charge is -2.32. The highest BCUT2D eigenvalue weighted by Gasteiger charge is 2.23. The number of ether oxygens (including phenoxy) is 2. The first-order chi connectivity index (χ1) is 8.40. The third-order valence-corrected chi connectivity index (χ3v) is 3.49. The Morgan fingerprint density at radius 3 is 2.56 bits per heavy atom. The highest BCUT2D eigenvalue weighted by atomic mass is 16.5. The average molecular weight is 257 g/mol. The normalized spacial score (nSPS) is 27.2. The van der Waals surface area contributed by atoms with Gasteiger partial charge in [-0.15, -0.1) is 0 Å². The summed E-state index contributed by atoms with van der Waals surface area (Å²) in [6, 6.07) is 0. The summed E-state index contributed by atoms with van der Waals surface area (Å²) in [5.41, 5.74) is 0.134. The van der Waals surface area contributed by atoms with E-state index in [9.17, 15) is 0 Å². The van der Waals surface area contributed by atoms with Gasteiger partial charge >= 0.3 is 0 Å². The van der Waals surface area contributed by atoms with Crippen LogP contribution in [-0.2, 0) is 9.47 Å². The molecule has 1 fully saturated rings. The van der Waals surface area contributed by atoms with Crippen molar-refractivity contribution in [3.8, 4) is 0 Å². The molecule has 1 aliphatic carbocycles. The summed E-state index contributed by atoms with van der Waals surface area (Å²) in [6.07, 6.45) is 5.67. The SMILES string of the molecule is COCC(CNC(C)(C)C)OC1CCCC(C)C1. The van der Waals surface area contributed by atoms with Gasteiger partial charge in [-0.05, 0) is 39.5 Å². The zero-order valence-corrected chi connectivity index (χ0v) is 12.8. The monoisotopic (exact) mass is 257 g/mol. The maximum atomic E-state index is 6.21. The first-order valence-electron chi connectivity index (χ1n) is 7.30. The van der Waals surface area contributed by atoms with Gasteiger partial charge in [0.05, 0.1) is 18.8 Å². The molecule has 0 heterocycles. The van der Waals surface area contributed by atoms with E-state index in [0.29, 0.717) is 12.7 Å². The van der Waals surface area contributed by atoms with E-state index in [0.717, 1.165) is 12.5 Å². The summed E-state index contributed by atoms with van der Waals surface area (Å²) in [6.45, 7) is 10.4. The first kappa shape index (κ1) is 15.9. The van der Waals surface area contributed by atoms with Crippen molar-refractivity contribution < 1.29 is 9.47 Å². The predicted octanol–water partition coefficient (Wildman–Crippen LogP) is 2.98. The molecule has 3 unspecified atom stereocenters. The predicted molar refractivity (Wildman–Crippen MR) is 75.9 cm³/mol. The number of nitrogens with one attached hydrogen (secondary N) is 1. The van der Waals surface area contributed by atoms with Crippen LogP contribution in [0.25, 0.3) is 0 Å². The smallest absolute Gasteiger partial charge is 0.0936 e. The van der Waals surface area contributed by atoms with Crippen molar-refractivity contribution in [2.24, 2.45) is 5.92 Å². The van der Waals surface area contributed by atoms with Crippen LogP contribution < -0.4 is 5.32 Å². The van der Waals surface area contributed by atoms with Gasteiger partial charge in [0.15, 0.2) is 0 Å². The molecule has 0 aromatic rings. The number of hydrogen-bond acceptors (Lipinski definition) is 3. The Hall–Kier alpha value is -0.120. The molecular formula is C15H31NO2. The van der Waals surface area contributed by atoms with Crippen molar-refractivity contribution in [2.75, 3.05) is 20.3 Å². The molecule has 3 heteroatoms. The van der Waals surface area contributed by atoms with E-state index in [1.165, 1.54) is 25.7 Å². The van der Waals surface area contributed by atoms with Gasteiger partial charge in [0.25, 0.3) is 0 Å².